The average Bonchev–Trinajstić information content (AvgIpc) is 3.13. The van der Waals surface area contributed by atoms with E-state index >= 15 is 0 Å². The van der Waals surface area contributed by atoms with Crippen LogP contribution >= 0.6 is 0 Å². The molecule has 0 amide bonds. The number of esters is 2. The highest BCUT2D eigenvalue weighted by atomic mass is 16.6. The lowest BCUT2D eigenvalue weighted by atomic mass is 10.1. The minimum atomic E-state index is -0.414. The Morgan fingerprint density at radius 1 is 1.10 bits per heavy atom. The third-order valence-electron chi connectivity index (χ3n) is 4.44. The van der Waals surface area contributed by atoms with E-state index in [1.54, 1.807) is 4.57 Å². The molecule has 0 aliphatic rings. The van der Waals surface area contributed by atoms with Crippen molar-refractivity contribution in [1.82, 2.24) is 19.5 Å². The number of ether oxygens (including phenoxy) is 3. The van der Waals surface area contributed by atoms with Crippen LogP contribution in [-0.2, 0) is 30.5 Å². The fourth-order valence-corrected chi connectivity index (χ4v) is 2.91. The number of fused-ring (bicyclic) bond motifs is 1. The third kappa shape index (κ3) is 8.59. The van der Waals surface area contributed by atoms with Crippen molar-refractivity contribution in [3.63, 3.8) is 0 Å². The number of aromatic amines is 1. The topological polar surface area (TPSA) is 151 Å². The van der Waals surface area contributed by atoms with E-state index in [0.717, 1.165) is 44.8 Å². The van der Waals surface area contributed by atoms with Crippen LogP contribution in [0.2, 0.25) is 0 Å². The second kappa shape index (κ2) is 13.2. The third-order valence-corrected chi connectivity index (χ3v) is 4.44. The van der Waals surface area contributed by atoms with Crippen molar-refractivity contribution in [2.45, 2.75) is 58.1 Å². The zero-order valence-corrected chi connectivity index (χ0v) is 17.5. The summed E-state index contributed by atoms with van der Waals surface area (Å²) in [7, 11) is 0. The molecule has 0 saturated heterocycles. The average molecular weight is 435 g/mol. The maximum atomic E-state index is 11.7. The fourth-order valence-electron chi connectivity index (χ4n) is 2.91. The SMILES string of the molecule is C=COC(=O)CCCCCCCCC(=O)OCCOCn1cnc2c(=O)[nH]c(N)nc21. The maximum absolute atomic E-state index is 11.7. The summed E-state index contributed by atoms with van der Waals surface area (Å²) in [6.07, 6.45) is 8.82. The minimum absolute atomic E-state index is 0.00130. The first-order chi connectivity index (χ1) is 15.0. The molecule has 0 saturated carbocycles. The van der Waals surface area contributed by atoms with Gasteiger partial charge in [0.05, 0.1) is 19.2 Å². The number of carbonyl (C=O) groups is 2. The van der Waals surface area contributed by atoms with Crippen LogP contribution in [0.3, 0.4) is 0 Å². The summed E-state index contributed by atoms with van der Waals surface area (Å²) in [5.74, 6) is -0.511. The van der Waals surface area contributed by atoms with E-state index in [9.17, 15) is 14.4 Å². The number of rotatable bonds is 15. The molecule has 3 N–H and O–H groups in total. The van der Waals surface area contributed by atoms with E-state index in [-0.39, 0.29) is 43.3 Å². The summed E-state index contributed by atoms with van der Waals surface area (Å²) in [6.45, 7) is 3.79. The molecule has 31 heavy (non-hydrogen) atoms. The Labute approximate surface area is 179 Å². The molecule has 2 heterocycles. The van der Waals surface area contributed by atoms with Crippen LogP contribution in [0.1, 0.15) is 51.4 Å². The smallest absolute Gasteiger partial charge is 0.310 e. The molecule has 0 radical (unpaired) electrons. The van der Waals surface area contributed by atoms with Gasteiger partial charge in [-0.05, 0) is 12.8 Å². The molecular formula is C20H29N5O6. The van der Waals surface area contributed by atoms with Crippen molar-refractivity contribution in [1.29, 1.82) is 0 Å². The highest BCUT2D eigenvalue weighted by molar-refractivity contribution is 5.70. The Morgan fingerprint density at radius 3 is 2.48 bits per heavy atom. The van der Waals surface area contributed by atoms with Crippen molar-refractivity contribution in [3.05, 3.63) is 29.5 Å². The predicted octanol–water partition coefficient (Wildman–Crippen LogP) is 2.03. The van der Waals surface area contributed by atoms with E-state index in [2.05, 4.69) is 26.3 Å². The van der Waals surface area contributed by atoms with Gasteiger partial charge in [0.25, 0.3) is 5.56 Å². The number of hydrogen-bond acceptors (Lipinski definition) is 9. The Bertz CT molecular complexity index is 922. The number of unbranched alkanes of at least 4 members (excludes halogenated alkanes) is 5. The van der Waals surface area contributed by atoms with E-state index < -0.39 is 5.56 Å². The van der Waals surface area contributed by atoms with Gasteiger partial charge in [0.2, 0.25) is 5.95 Å². The van der Waals surface area contributed by atoms with Crippen LogP contribution in [-0.4, -0.2) is 44.7 Å². The van der Waals surface area contributed by atoms with E-state index in [1.165, 1.54) is 6.33 Å². The first-order valence-corrected chi connectivity index (χ1v) is 10.3. The summed E-state index contributed by atoms with van der Waals surface area (Å²) in [5.41, 5.74) is 5.63. The van der Waals surface area contributed by atoms with Crippen LogP contribution in [0.15, 0.2) is 24.0 Å². The number of nitrogens with zero attached hydrogens (tertiary/aromatic N) is 3. The van der Waals surface area contributed by atoms with Crippen LogP contribution in [0.25, 0.3) is 11.2 Å². The van der Waals surface area contributed by atoms with Gasteiger partial charge in [-0.3, -0.25) is 23.9 Å². The summed E-state index contributed by atoms with van der Waals surface area (Å²) in [4.78, 5) is 45.0. The Hall–Kier alpha value is -3.21. The zero-order valence-electron chi connectivity index (χ0n) is 17.5. The van der Waals surface area contributed by atoms with Crippen molar-refractivity contribution in [2.24, 2.45) is 0 Å². The van der Waals surface area contributed by atoms with Gasteiger partial charge in [0, 0.05) is 12.8 Å². The van der Waals surface area contributed by atoms with Crippen LogP contribution in [0.4, 0.5) is 5.95 Å². The lowest BCUT2D eigenvalue weighted by Gasteiger charge is -2.07. The van der Waals surface area contributed by atoms with Crippen molar-refractivity contribution in [3.8, 4) is 0 Å². The molecule has 0 aliphatic heterocycles. The van der Waals surface area contributed by atoms with Crippen molar-refractivity contribution >= 4 is 29.1 Å². The van der Waals surface area contributed by atoms with E-state index in [4.69, 9.17) is 15.2 Å². The molecule has 11 nitrogen and oxygen atoms in total. The number of nitrogens with two attached hydrogens (primary N) is 1. The van der Waals surface area contributed by atoms with Crippen LogP contribution < -0.4 is 11.3 Å². The normalized spacial score (nSPS) is 10.8. The van der Waals surface area contributed by atoms with Crippen LogP contribution in [0.5, 0.6) is 0 Å². The van der Waals surface area contributed by atoms with Crippen LogP contribution in [0, 0.1) is 0 Å². The molecule has 0 aromatic carbocycles. The molecule has 0 aliphatic carbocycles. The number of hydrogen-bond donors (Lipinski definition) is 2. The molecule has 0 fully saturated rings. The lowest BCUT2D eigenvalue weighted by Crippen LogP contribution is -2.14. The fraction of sp³-hybridized carbons (Fsp3) is 0.550. The number of nitrogens with one attached hydrogen (secondary N) is 1. The predicted molar refractivity (Wildman–Crippen MR) is 113 cm³/mol. The maximum Gasteiger partial charge on any atom is 0.310 e. The first kappa shape index (κ1) is 24.1. The highest BCUT2D eigenvalue weighted by Crippen LogP contribution is 2.10. The number of imidazole rings is 1. The Kier molecular flexibility index (Phi) is 10.2. The van der Waals surface area contributed by atoms with Gasteiger partial charge in [-0.1, -0.05) is 32.3 Å². The van der Waals surface area contributed by atoms with Gasteiger partial charge < -0.3 is 19.9 Å². The second-order valence-electron chi connectivity index (χ2n) is 6.87. The lowest BCUT2D eigenvalue weighted by molar-refractivity contribution is -0.145. The summed E-state index contributed by atoms with van der Waals surface area (Å²) in [6, 6.07) is 0. The van der Waals surface area contributed by atoms with Gasteiger partial charge >= 0.3 is 11.9 Å². The minimum Gasteiger partial charge on any atom is -0.463 e. The molecular weight excluding hydrogens is 406 g/mol. The van der Waals surface area contributed by atoms with Gasteiger partial charge in [-0.25, -0.2) is 4.98 Å². The van der Waals surface area contributed by atoms with Gasteiger partial charge in [0.15, 0.2) is 11.2 Å². The summed E-state index contributed by atoms with van der Waals surface area (Å²) >= 11 is 0. The summed E-state index contributed by atoms with van der Waals surface area (Å²) < 4.78 is 16.8. The molecule has 2 rings (SSSR count). The molecule has 0 bridgehead atoms. The zero-order chi connectivity index (χ0) is 22.5. The monoisotopic (exact) mass is 435 g/mol. The molecule has 2 aromatic heterocycles. The number of nitrogen functional groups attached to an aromatic ring is 1. The largest absolute Gasteiger partial charge is 0.463 e. The van der Waals surface area contributed by atoms with Gasteiger partial charge in [0.1, 0.15) is 13.3 Å². The van der Waals surface area contributed by atoms with Gasteiger partial charge in [-0.2, -0.15) is 4.98 Å². The number of anilines is 1. The number of aromatic nitrogens is 4. The quantitative estimate of drug-likeness (QED) is 0.243. The number of carbonyl (C=O) groups excluding carboxylic acids is 2. The van der Waals surface area contributed by atoms with Crippen molar-refractivity contribution in [2.75, 3.05) is 18.9 Å². The molecule has 0 spiro atoms. The van der Waals surface area contributed by atoms with Crippen molar-refractivity contribution < 1.29 is 23.8 Å². The first-order valence-electron chi connectivity index (χ1n) is 10.3. The second-order valence-corrected chi connectivity index (χ2v) is 6.87. The molecule has 2 aromatic rings. The Morgan fingerprint density at radius 2 is 1.77 bits per heavy atom. The van der Waals surface area contributed by atoms with E-state index in [1.807, 2.05) is 0 Å². The Balaban J connectivity index is 1.48. The number of H-pyrrole nitrogens is 1. The highest BCUT2D eigenvalue weighted by Gasteiger charge is 2.09. The molecule has 0 unspecified atom stereocenters. The molecule has 11 heteroatoms. The summed E-state index contributed by atoms with van der Waals surface area (Å²) in [5, 5.41) is 0. The molecule has 0 atom stereocenters. The van der Waals surface area contributed by atoms with Gasteiger partial charge in [-0.15, -0.1) is 0 Å². The standard InChI is InChI=1S/C20H29N5O6/c1-2-30-15(26)9-7-5-3-4-6-8-10-16(27)31-12-11-29-14-25-13-22-17-18(25)23-20(21)24-19(17)28/h2,13H,1,3-12,14H2,(H3,21,23,24,28). The van der Waals surface area contributed by atoms with E-state index in [0.29, 0.717) is 18.5 Å². The molecule has 170 valence electrons.